The van der Waals surface area contributed by atoms with Crippen molar-refractivity contribution in [3.63, 3.8) is 0 Å². The summed E-state index contributed by atoms with van der Waals surface area (Å²) in [7, 11) is 0. The van der Waals surface area contributed by atoms with E-state index in [1.165, 1.54) is 76.3 Å². The second-order valence-corrected chi connectivity index (χ2v) is 5.98. The number of carbonyl (C=O) groups excluding carboxylic acids is 1. The lowest BCUT2D eigenvalue weighted by atomic mass is 10.1. The van der Waals surface area contributed by atoms with E-state index in [2.05, 4.69) is 6.92 Å². The number of rotatable bonds is 14. The smallest absolute Gasteiger partial charge is 0.317 e. The molecule has 0 aromatic carbocycles. The molecule has 2 nitrogen and oxygen atoms in total. The Morgan fingerprint density at radius 2 is 1.26 bits per heavy atom. The van der Waals surface area contributed by atoms with Gasteiger partial charge in [0, 0.05) is 12.2 Å². The topological polar surface area (TPSA) is 26.3 Å². The van der Waals surface area contributed by atoms with Gasteiger partial charge in [-0.15, -0.1) is 0 Å². The number of unbranched alkanes of at least 4 members (excludes halogenated alkanes) is 10. The number of hydrogen-bond acceptors (Lipinski definition) is 3. The van der Waals surface area contributed by atoms with E-state index < -0.39 is 0 Å². The molecule has 0 rings (SSSR count). The van der Waals surface area contributed by atoms with Crippen LogP contribution in [-0.4, -0.2) is 11.7 Å². The highest BCUT2D eigenvalue weighted by molar-refractivity contribution is 7.95. The van der Waals surface area contributed by atoms with Crippen LogP contribution in [-0.2, 0) is 8.98 Å². The van der Waals surface area contributed by atoms with Gasteiger partial charge in [0.05, 0.1) is 12.0 Å². The van der Waals surface area contributed by atoms with Crippen LogP contribution in [0.2, 0.25) is 0 Å². The molecule has 0 radical (unpaired) electrons. The molecule has 3 heteroatoms. The van der Waals surface area contributed by atoms with Crippen molar-refractivity contribution in [3.8, 4) is 0 Å². The highest BCUT2D eigenvalue weighted by atomic mass is 32.2. The molecule has 0 spiro atoms. The Hall–Kier alpha value is -0.180. The summed E-state index contributed by atoms with van der Waals surface area (Å²) in [5.74, 6) is 0.844. The van der Waals surface area contributed by atoms with Crippen LogP contribution in [0.3, 0.4) is 0 Å². The van der Waals surface area contributed by atoms with Gasteiger partial charge in [0.1, 0.15) is 0 Å². The third kappa shape index (κ3) is 15.8. The van der Waals surface area contributed by atoms with Crippen molar-refractivity contribution in [1.82, 2.24) is 0 Å². The minimum Gasteiger partial charge on any atom is -0.391 e. The summed E-state index contributed by atoms with van der Waals surface area (Å²) < 4.78 is 4.96. The maximum Gasteiger partial charge on any atom is 0.317 e. The van der Waals surface area contributed by atoms with Crippen molar-refractivity contribution in [1.29, 1.82) is 0 Å². The predicted octanol–water partition coefficient (Wildman–Crippen LogP) is 5.90. The second kappa shape index (κ2) is 15.9. The van der Waals surface area contributed by atoms with Crippen LogP contribution in [0.5, 0.6) is 0 Å². The lowest BCUT2D eigenvalue weighted by Gasteiger charge is -2.03. The first-order valence-electron chi connectivity index (χ1n) is 8.13. The summed E-state index contributed by atoms with van der Waals surface area (Å²) in [6, 6.07) is 0. The molecule has 0 heterocycles. The highest BCUT2D eigenvalue weighted by Gasteiger charge is 1.98. The van der Waals surface area contributed by atoms with Crippen molar-refractivity contribution < 1.29 is 8.98 Å². The Bertz CT molecular complexity index is 195. The van der Waals surface area contributed by atoms with Gasteiger partial charge in [-0.25, -0.2) is 0 Å². The van der Waals surface area contributed by atoms with E-state index in [0.717, 1.165) is 12.2 Å². The van der Waals surface area contributed by atoms with Crippen molar-refractivity contribution in [3.05, 3.63) is 0 Å². The Labute approximate surface area is 124 Å². The summed E-state index contributed by atoms with van der Waals surface area (Å²) in [5.41, 5.74) is 0. The third-order valence-corrected chi connectivity index (χ3v) is 4.03. The van der Waals surface area contributed by atoms with E-state index in [4.69, 9.17) is 4.18 Å². The quantitative estimate of drug-likeness (QED) is 0.294. The van der Waals surface area contributed by atoms with Crippen LogP contribution in [0.25, 0.3) is 0 Å². The molecule has 0 aliphatic heterocycles. The van der Waals surface area contributed by atoms with Gasteiger partial charge in [0.15, 0.2) is 0 Å². The van der Waals surface area contributed by atoms with Crippen LogP contribution in [0.1, 0.15) is 90.9 Å². The predicted molar refractivity (Wildman–Crippen MR) is 85.3 cm³/mol. The van der Waals surface area contributed by atoms with E-state index in [1.807, 2.05) is 6.92 Å². The van der Waals surface area contributed by atoms with Crippen LogP contribution in [0, 0.1) is 0 Å². The first kappa shape index (κ1) is 18.8. The Balaban J connectivity index is 2.97. The fourth-order valence-corrected chi connectivity index (χ4v) is 2.65. The fraction of sp³-hybridized carbons (Fsp3) is 0.938. The average Bonchev–Trinajstić information content (AvgIpc) is 2.43. The van der Waals surface area contributed by atoms with Gasteiger partial charge < -0.3 is 4.18 Å². The molecule has 0 unspecified atom stereocenters. The van der Waals surface area contributed by atoms with Crippen molar-refractivity contribution in [2.45, 2.75) is 90.9 Å². The average molecular weight is 288 g/mol. The summed E-state index contributed by atoms with van der Waals surface area (Å²) in [4.78, 5) is 10.9. The minimum absolute atomic E-state index is 0.104. The molecule has 0 atom stereocenters. The zero-order chi connectivity index (χ0) is 14.2. The van der Waals surface area contributed by atoms with Gasteiger partial charge in [0.2, 0.25) is 0 Å². The molecule has 0 bridgehead atoms. The normalized spacial score (nSPS) is 10.6. The largest absolute Gasteiger partial charge is 0.391 e. The lowest BCUT2D eigenvalue weighted by molar-refractivity contribution is -0.132. The second-order valence-electron chi connectivity index (χ2n) is 5.17. The summed E-state index contributed by atoms with van der Waals surface area (Å²) in [6.07, 6.45) is 15.4. The van der Waals surface area contributed by atoms with Gasteiger partial charge in [-0.3, -0.25) is 4.79 Å². The van der Waals surface area contributed by atoms with Gasteiger partial charge in [-0.1, -0.05) is 78.1 Å². The van der Waals surface area contributed by atoms with Gasteiger partial charge in [0.25, 0.3) is 0 Å². The van der Waals surface area contributed by atoms with Crippen LogP contribution < -0.4 is 0 Å². The molecule has 0 aromatic rings. The molecule has 0 fully saturated rings. The van der Waals surface area contributed by atoms with Crippen LogP contribution in [0.15, 0.2) is 0 Å². The molecule has 0 aliphatic carbocycles. The van der Waals surface area contributed by atoms with Crippen molar-refractivity contribution >= 4 is 18.0 Å². The SMILES string of the molecule is CCCCCCCCCCCCCSOC(=O)CC. The first-order chi connectivity index (χ1) is 9.31. The van der Waals surface area contributed by atoms with Gasteiger partial charge >= 0.3 is 5.97 Å². The van der Waals surface area contributed by atoms with Crippen molar-refractivity contribution in [2.24, 2.45) is 0 Å². The van der Waals surface area contributed by atoms with E-state index in [0.29, 0.717) is 6.42 Å². The van der Waals surface area contributed by atoms with Crippen LogP contribution >= 0.6 is 12.0 Å². The molecule has 0 aliphatic rings. The van der Waals surface area contributed by atoms with Gasteiger partial charge in [-0.2, -0.15) is 0 Å². The van der Waals surface area contributed by atoms with E-state index in [1.54, 1.807) is 0 Å². The summed E-state index contributed by atoms with van der Waals surface area (Å²) >= 11 is 1.32. The Morgan fingerprint density at radius 1 is 0.789 bits per heavy atom. The molecule has 0 amide bonds. The molecule has 0 saturated heterocycles. The third-order valence-electron chi connectivity index (χ3n) is 3.27. The van der Waals surface area contributed by atoms with Crippen molar-refractivity contribution in [2.75, 3.05) is 5.75 Å². The van der Waals surface area contributed by atoms with E-state index >= 15 is 0 Å². The Kier molecular flexibility index (Phi) is 15.7. The summed E-state index contributed by atoms with van der Waals surface area (Å²) in [6.45, 7) is 4.09. The molecule has 114 valence electrons. The molecular weight excluding hydrogens is 256 g/mol. The van der Waals surface area contributed by atoms with Gasteiger partial charge in [-0.05, 0) is 6.42 Å². The van der Waals surface area contributed by atoms with Crippen LogP contribution in [0.4, 0.5) is 0 Å². The minimum atomic E-state index is -0.104. The Morgan fingerprint density at radius 3 is 1.74 bits per heavy atom. The first-order valence-corrected chi connectivity index (χ1v) is 9.04. The standard InChI is InChI=1S/C16H32O2S/c1-3-5-6-7-8-9-10-11-12-13-14-15-19-18-16(17)4-2/h3-15H2,1-2H3. The van der Waals surface area contributed by atoms with E-state index in [-0.39, 0.29) is 5.97 Å². The monoisotopic (exact) mass is 288 g/mol. The van der Waals surface area contributed by atoms with E-state index in [9.17, 15) is 4.79 Å². The molecule has 0 N–H and O–H groups in total. The molecule has 0 saturated carbocycles. The molecule has 19 heavy (non-hydrogen) atoms. The number of carbonyl (C=O) groups is 1. The fourth-order valence-electron chi connectivity index (χ4n) is 1.99. The lowest BCUT2D eigenvalue weighted by Crippen LogP contribution is -1.96. The molecule has 0 aromatic heterocycles. The maximum absolute atomic E-state index is 10.9. The maximum atomic E-state index is 10.9. The zero-order valence-corrected chi connectivity index (χ0v) is 13.7. The highest BCUT2D eigenvalue weighted by Crippen LogP contribution is 2.13. The zero-order valence-electron chi connectivity index (χ0n) is 12.9. The number of hydrogen-bond donors (Lipinski definition) is 0. The summed E-state index contributed by atoms with van der Waals surface area (Å²) in [5, 5.41) is 0. The molecular formula is C16H32O2S.